The van der Waals surface area contributed by atoms with Crippen LogP contribution in [-0.2, 0) is 17.6 Å². The summed E-state index contributed by atoms with van der Waals surface area (Å²) in [5, 5.41) is 31.7. The predicted molar refractivity (Wildman–Crippen MR) is 176 cm³/mol. The number of halogens is 1. The van der Waals surface area contributed by atoms with Gasteiger partial charge in [-0.3, -0.25) is 20.0 Å². The molecule has 0 bridgehead atoms. The molecule has 0 radical (unpaired) electrons. The lowest BCUT2D eigenvalue weighted by Crippen LogP contribution is -2.52. The molecule has 0 spiro atoms. The monoisotopic (exact) mass is 630 g/mol. The minimum Gasteiger partial charge on any atom is -0.481 e. The average molecular weight is 631 g/mol. The zero-order chi connectivity index (χ0) is 33.0. The van der Waals surface area contributed by atoms with Crippen LogP contribution in [0.2, 0.25) is 0 Å². The van der Waals surface area contributed by atoms with Crippen LogP contribution < -0.4 is 5.43 Å². The number of nitrogens with zero attached hydrogens (tertiary/aromatic N) is 3. The van der Waals surface area contributed by atoms with Gasteiger partial charge >= 0.3 is 5.97 Å². The molecule has 2 atom stereocenters. The molecular formula is C36H43FN4O5. The van der Waals surface area contributed by atoms with Gasteiger partial charge in [0.05, 0.1) is 30.0 Å². The predicted octanol–water partition coefficient (Wildman–Crippen LogP) is 4.66. The number of piperazine rings is 1. The lowest BCUT2D eigenvalue weighted by molar-refractivity contribution is -0.139. The Kier molecular flexibility index (Phi) is 10.6. The van der Waals surface area contributed by atoms with Crippen LogP contribution in [0.3, 0.4) is 0 Å². The number of benzene rings is 2. The number of likely N-dealkylation sites (N-methyl/N-ethyl adjacent to an activating group) is 1. The third kappa shape index (κ3) is 7.87. The molecule has 0 saturated carbocycles. The molecule has 10 heteroatoms. The summed E-state index contributed by atoms with van der Waals surface area (Å²) < 4.78 is 14.1. The highest BCUT2D eigenvalue weighted by atomic mass is 19.1. The van der Waals surface area contributed by atoms with Crippen molar-refractivity contribution in [2.75, 3.05) is 33.2 Å². The van der Waals surface area contributed by atoms with Crippen LogP contribution in [0.15, 0.2) is 48.5 Å². The quantitative estimate of drug-likeness (QED) is 0.255. The number of amides is 1. The number of aliphatic hydroxyl groups excluding tert-OH is 2. The number of nitrogens with one attached hydrogen (secondary N) is 1. The Hall–Kier alpha value is -3.96. The first kappa shape index (κ1) is 33.4. The van der Waals surface area contributed by atoms with E-state index in [2.05, 4.69) is 17.4 Å². The SMILES string of the molecule is CC(C)c1nc2c(c(-c3ccc(F)cc3)c1C=C[C@@H](O)C[C@@H](O)CC(=O)O)CCCc1ccc(C(=O)NN3CCN(C)CC3)cc1-2. The van der Waals surface area contributed by atoms with Crippen LogP contribution in [0.25, 0.3) is 28.5 Å². The van der Waals surface area contributed by atoms with Gasteiger partial charge in [0.2, 0.25) is 0 Å². The van der Waals surface area contributed by atoms with Crippen molar-refractivity contribution in [3.63, 3.8) is 0 Å². The Bertz CT molecular complexity index is 1600. The summed E-state index contributed by atoms with van der Waals surface area (Å²) in [7, 11) is 2.07. The van der Waals surface area contributed by atoms with Gasteiger partial charge in [-0.1, -0.05) is 44.2 Å². The lowest BCUT2D eigenvalue weighted by Gasteiger charge is -2.32. The number of rotatable bonds is 10. The summed E-state index contributed by atoms with van der Waals surface area (Å²) in [5.74, 6) is -1.69. The molecule has 2 aromatic carbocycles. The summed E-state index contributed by atoms with van der Waals surface area (Å²) in [6, 6.07) is 12.2. The fourth-order valence-electron chi connectivity index (χ4n) is 6.27. The standard InChI is InChI=1S/C36H43FN4O5/c1-22(2)34-30(14-13-27(42)20-28(43)21-32(44)45)33(24-9-11-26(37)12-10-24)29-6-4-5-23-7-8-25(19-31(23)35(29)38-34)36(46)39-41-17-15-40(3)16-18-41/h7-14,19,22,27-28,42-43H,4-6,15-18,20-21H2,1-3H3,(H,39,46)(H,44,45)/t27-,28-/m1/s1. The van der Waals surface area contributed by atoms with Crippen molar-refractivity contribution < 1.29 is 29.3 Å². The number of hydrazine groups is 1. The van der Waals surface area contributed by atoms with Crippen molar-refractivity contribution in [3.8, 4) is 22.4 Å². The van der Waals surface area contributed by atoms with Crippen LogP contribution in [0, 0.1) is 5.82 Å². The first-order valence-electron chi connectivity index (χ1n) is 16.0. The lowest BCUT2D eigenvalue weighted by atomic mass is 9.86. The number of carbonyl (C=O) groups excluding carboxylic acids is 1. The fourth-order valence-corrected chi connectivity index (χ4v) is 6.27. The van der Waals surface area contributed by atoms with Crippen molar-refractivity contribution in [1.29, 1.82) is 0 Å². The number of aliphatic carboxylic acids is 1. The molecule has 244 valence electrons. The number of carbonyl (C=O) groups is 2. The Morgan fingerprint density at radius 3 is 2.43 bits per heavy atom. The van der Waals surface area contributed by atoms with Crippen molar-refractivity contribution in [2.45, 2.75) is 64.1 Å². The second-order valence-corrected chi connectivity index (χ2v) is 12.6. The smallest absolute Gasteiger partial charge is 0.305 e. The Balaban J connectivity index is 1.61. The normalized spacial score (nSPS) is 16.9. The first-order valence-corrected chi connectivity index (χ1v) is 16.0. The molecule has 3 aromatic rings. The summed E-state index contributed by atoms with van der Waals surface area (Å²) in [6.45, 7) is 7.32. The Morgan fingerprint density at radius 1 is 1.04 bits per heavy atom. The van der Waals surface area contributed by atoms with Gasteiger partial charge in [-0.05, 0) is 78.7 Å². The van der Waals surface area contributed by atoms with Gasteiger partial charge in [0, 0.05) is 49.3 Å². The number of carboxylic acids is 1. The van der Waals surface area contributed by atoms with Crippen LogP contribution in [-0.4, -0.2) is 87.5 Å². The summed E-state index contributed by atoms with van der Waals surface area (Å²) in [4.78, 5) is 31.9. The van der Waals surface area contributed by atoms with E-state index in [1.165, 1.54) is 12.1 Å². The molecule has 4 N–H and O–H groups in total. The van der Waals surface area contributed by atoms with E-state index in [0.29, 0.717) is 12.0 Å². The minimum absolute atomic E-state index is 0.0330. The molecule has 1 saturated heterocycles. The molecule has 1 fully saturated rings. The summed E-state index contributed by atoms with van der Waals surface area (Å²) in [6.07, 6.45) is 2.82. The van der Waals surface area contributed by atoms with Crippen LogP contribution in [0.1, 0.15) is 71.8 Å². The van der Waals surface area contributed by atoms with E-state index in [9.17, 15) is 24.2 Å². The van der Waals surface area contributed by atoms with Gasteiger partial charge in [0.15, 0.2) is 0 Å². The average Bonchev–Trinajstić information content (AvgIpc) is 3.19. The highest BCUT2D eigenvalue weighted by Crippen LogP contribution is 2.42. The van der Waals surface area contributed by atoms with Crippen LogP contribution >= 0.6 is 0 Å². The van der Waals surface area contributed by atoms with E-state index in [0.717, 1.165) is 83.8 Å². The third-order valence-corrected chi connectivity index (χ3v) is 8.72. The number of pyridine rings is 1. The van der Waals surface area contributed by atoms with Gasteiger partial charge in [-0.25, -0.2) is 9.40 Å². The minimum atomic E-state index is -1.19. The van der Waals surface area contributed by atoms with Gasteiger partial charge in [0.1, 0.15) is 5.82 Å². The van der Waals surface area contributed by atoms with E-state index >= 15 is 0 Å². The van der Waals surface area contributed by atoms with Crippen molar-refractivity contribution in [1.82, 2.24) is 20.3 Å². The van der Waals surface area contributed by atoms with E-state index < -0.39 is 24.6 Å². The van der Waals surface area contributed by atoms with Crippen molar-refractivity contribution in [2.24, 2.45) is 0 Å². The van der Waals surface area contributed by atoms with Gasteiger partial charge in [0.25, 0.3) is 5.91 Å². The maximum atomic E-state index is 14.1. The molecule has 9 nitrogen and oxygen atoms in total. The van der Waals surface area contributed by atoms with Gasteiger partial charge in [-0.15, -0.1) is 0 Å². The molecule has 1 aliphatic heterocycles. The second kappa shape index (κ2) is 14.6. The van der Waals surface area contributed by atoms with E-state index in [1.54, 1.807) is 24.3 Å². The van der Waals surface area contributed by atoms with E-state index in [4.69, 9.17) is 10.1 Å². The van der Waals surface area contributed by atoms with Gasteiger partial charge in [-0.2, -0.15) is 0 Å². The number of hydrogen-bond donors (Lipinski definition) is 4. The zero-order valence-electron chi connectivity index (χ0n) is 26.7. The van der Waals surface area contributed by atoms with Crippen LogP contribution in [0.4, 0.5) is 4.39 Å². The Labute approximate surface area is 269 Å². The molecule has 2 aliphatic rings. The Morgan fingerprint density at radius 2 is 1.76 bits per heavy atom. The summed E-state index contributed by atoms with van der Waals surface area (Å²) in [5.41, 5.74) is 10.6. The van der Waals surface area contributed by atoms with E-state index in [1.807, 2.05) is 37.1 Å². The molecule has 1 amide bonds. The summed E-state index contributed by atoms with van der Waals surface area (Å²) >= 11 is 0. The van der Waals surface area contributed by atoms with Crippen molar-refractivity contribution >= 4 is 18.0 Å². The number of carboxylic acid groups (broad SMARTS) is 1. The topological polar surface area (TPSA) is 126 Å². The highest BCUT2D eigenvalue weighted by molar-refractivity contribution is 5.96. The number of hydrogen-bond acceptors (Lipinski definition) is 7. The molecular weight excluding hydrogens is 587 g/mol. The van der Waals surface area contributed by atoms with Crippen LogP contribution in [0.5, 0.6) is 0 Å². The number of aromatic nitrogens is 1. The first-order chi connectivity index (χ1) is 22.0. The largest absolute Gasteiger partial charge is 0.481 e. The third-order valence-electron chi connectivity index (χ3n) is 8.72. The van der Waals surface area contributed by atoms with E-state index in [-0.39, 0.29) is 24.1 Å². The van der Waals surface area contributed by atoms with Gasteiger partial charge < -0.3 is 20.2 Å². The fraction of sp³-hybridized carbons (Fsp3) is 0.417. The number of aliphatic hydroxyl groups is 2. The molecule has 2 heterocycles. The number of fused-ring (bicyclic) bond motifs is 3. The molecule has 1 aliphatic carbocycles. The molecule has 0 unspecified atom stereocenters. The maximum Gasteiger partial charge on any atom is 0.305 e. The number of aryl methyl sites for hydroxylation is 1. The van der Waals surface area contributed by atoms with Crippen molar-refractivity contribution in [3.05, 3.63) is 82.3 Å². The zero-order valence-corrected chi connectivity index (χ0v) is 26.7. The maximum absolute atomic E-state index is 14.1. The molecule has 5 rings (SSSR count). The highest BCUT2D eigenvalue weighted by Gasteiger charge is 2.27. The second-order valence-electron chi connectivity index (χ2n) is 12.6. The molecule has 1 aromatic heterocycles. The molecule has 46 heavy (non-hydrogen) atoms.